The average molecular weight is 650 g/mol. The van der Waals surface area contributed by atoms with Gasteiger partial charge in [-0.1, -0.05) is 32.0 Å². The molecule has 1 saturated heterocycles. The van der Waals surface area contributed by atoms with E-state index in [1.54, 1.807) is 36.4 Å². The summed E-state index contributed by atoms with van der Waals surface area (Å²) < 4.78 is 19.9. The summed E-state index contributed by atoms with van der Waals surface area (Å²) in [6.45, 7) is 3.96. The molecule has 1 aliphatic rings. The molecule has 47 heavy (non-hydrogen) atoms. The van der Waals surface area contributed by atoms with Crippen molar-refractivity contribution in [3.63, 3.8) is 0 Å². The van der Waals surface area contributed by atoms with Crippen molar-refractivity contribution < 1.29 is 52.7 Å². The van der Waals surface area contributed by atoms with E-state index in [0.717, 1.165) is 5.56 Å². The minimum atomic E-state index is -1.35. The molecule has 0 aliphatic carbocycles. The van der Waals surface area contributed by atoms with E-state index in [4.69, 9.17) is 23.8 Å². The van der Waals surface area contributed by atoms with Gasteiger partial charge in [-0.05, 0) is 77.5 Å². The molecule has 4 rings (SSSR count). The first kappa shape index (κ1) is 35.1. The highest BCUT2D eigenvalue weighted by Gasteiger charge is 2.46. The van der Waals surface area contributed by atoms with Crippen molar-refractivity contribution >= 4 is 23.8 Å². The lowest BCUT2D eigenvalue weighted by Crippen LogP contribution is -2.58. The number of nitrogens with one attached hydrogen (secondary N) is 1. The first-order valence-corrected chi connectivity index (χ1v) is 15.3. The molecule has 2 amide bonds. The summed E-state index contributed by atoms with van der Waals surface area (Å²) >= 11 is 0. The molecule has 0 radical (unpaired) electrons. The molecule has 12 nitrogen and oxygen atoms in total. The standard InChI is InChI=1S/C35H40N2O10/c1-23(2)27-14-17-31(46-22-44-4)30(19-27)32(38)24-8-10-26(11-9-24)34(40)47-37(35(41)42)18-6-5-7-28(20-37)36-33(39)25-12-15-29(16-13-25)45-21-43-3/h8-17,19,23,28H,5-7,18,20-22H2,1-4H3,(H-,36,39,41,42)/p+1. The number of benzene rings is 3. The van der Waals surface area contributed by atoms with Crippen molar-refractivity contribution in [3.05, 3.63) is 94.5 Å². The number of nitrogens with zero attached hydrogens (tertiary/aromatic N) is 1. The van der Waals surface area contributed by atoms with Crippen LogP contribution < -0.4 is 14.8 Å². The van der Waals surface area contributed by atoms with Crippen molar-refractivity contribution in [2.45, 2.75) is 45.1 Å². The molecular weight excluding hydrogens is 608 g/mol. The van der Waals surface area contributed by atoms with Gasteiger partial charge < -0.3 is 29.4 Å². The number of carbonyl (C=O) groups is 4. The van der Waals surface area contributed by atoms with Gasteiger partial charge >= 0.3 is 12.1 Å². The molecule has 0 aromatic heterocycles. The molecule has 3 aromatic rings. The van der Waals surface area contributed by atoms with Crippen LogP contribution in [0.25, 0.3) is 0 Å². The summed E-state index contributed by atoms with van der Waals surface area (Å²) in [6, 6.07) is 17.1. The van der Waals surface area contributed by atoms with Gasteiger partial charge in [-0.15, -0.1) is 0 Å². The first-order chi connectivity index (χ1) is 22.6. The number of hydroxylamine groups is 3. The highest BCUT2D eigenvalue weighted by atomic mass is 16.8. The second kappa shape index (κ2) is 16.2. The average Bonchev–Trinajstić information content (AvgIpc) is 3.28. The Morgan fingerprint density at radius 2 is 1.49 bits per heavy atom. The van der Waals surface area contributed by atoms with E-state index in [1.807, 2.05) is 19.9 Å². The van der Waals surface area contributed by atoms with E-state index in [0.29, 0.717) is 47.5 Å². The van der Waals surface area contributed by atoms with Gasteiger partial charge in [-0.3, -0.25) is 14.4 Å². The molecule has 3 aromatic carbocycles. The summed E-state index contributed by atoms with van der Waals surface area (Å²) in [5, 5.41) is 13.2. The van der Waals surface area contributed by atoms with Gasteiger partial charge in [0, 0.05) is 31.8 Å². The first-order valence-electron chi connectivity index (χ1n) is 15.3. The Morgan fingerprint density at radius 3 is 2.13 bits per heavy atom. The van der Waals surface area contributed by atoms with Crippen LogP contribution in [-0.4, -0.2) is 80.4 Å². The van der Waals surface area contributed by atoms with E-state index < -0.39 is 22.8 Å². The zero-order valence-corrected chi connectivity index (χ0v) is 27.0. The maximum atomic E-state index is 13.5. The third kappa shape index (κ3) is 8.94. The van der Waals surface area contributed by atoms with Crippen LogP contribution in [0.2, 0.25) is 0 Å². The predicted molar refractivity (Wildman–Crippen MR) is 170 cm³/mol. The number of hydrogen-bond donors (Lipinski definition) is 2. The smallest absolute Gasteiger partial charge is 0.468 e. The summed E-state index contributed by atoms with van der Waals surface area (Å²) in [4.78, 5) is 58.1. The Morgan fingerprint density at radius 1 is 0.851 bits per heavy atom. The van der Waals surface area contributed by atoms with Gasteiger partial charge in [0.05, 0.1) is 17.2 Å². The maximum Gasteiger partial charge on any atom is 0.556 e. The van der Waals surface area contributed by atoms with E-state index in [2.05, 4.69) is 5.32 Å². The Balaban J connectivity index is 1.48. The minimum absolute atomic E-state index is 0.0297. The van der Waals surface area contributed by atoms with Crippen molar-refractivity contribution in [1.29, 1.82) is 0 Å². The van der Waals surface area contributed by atoms with Gasteiger partial charge in [-0.25, -0.2) is 4.79 Å². The fourth-order valence-corrected chi connectivity index (χ4v) is 5.27. The quantitative estimate of drug-likeness (QED) is 0.145. The molecule has 1 aliphatic heterocycles. The fraction of sp³-hybridized carbons (Fsp3) is 0.371. The number of ketones is 1. The number of rotatable bonds is 12. The van der Waals surface area contributed by atoms with Crippen LogP contribution in [-0.2, 0) is 14.3 Å². The van der Waals surface area contributed by atoms with Gasteiger partial charge in [0.1, 0.15) is 18.0 Å². The largest absolute Gasteiger partial charge is 0.556 e. The van der Waals surface area contributed by atoms with Crippen LogP contribution in [0.1, 0.15) is 81.2 Å². The summed E-state index contributed by atoms with van der Waals surface area (Å²) in [5.41, 5.74) is 2.06. The van der Waals surface area contributed by atoms with E-state index in [-0.39, 0.29) is 49.8 Å². The highest BCUT2D eigenvalue weighted by molar-refractivity contribution is 6.11. The Labute approximate surface area is 273 Å². The molecule has 2 unspecified atom stereocenters. The Kier molecular flexibility index (Phi) is 12.1. The number of quaternary nitrogens is 1. The Bertz CT molecular complexity index is 1560. The normalized spacial score (nSPS) is 17.8. The van der Waals surface area contributed by atoms with Gasteiger partial charge in [0.2, 0.25) is 0 Å². The highest BCUT2D eigenvalue weighted by Crippen LogP contribution is 2.28. The van der Waals surface area contributed by atoms with Crippen molar-refractivity contribution in [2.75, 3.05) is 40.9 Å². The molecule has 1 fully saturated rings. The van der Waals surface area contributed by atoms with Crippen molar-refractivity contribution in [3.8, 4) is 11.5 Å². The number of amides is 2. The van der Waals surface area contributed by atoms with Crippen LogP contribution in [0.15, 0.2) is 66.7 Å². The fourth-order valence-electron chi connectivity index (χ4n) is 5.27. The summed E-state index contributed by atoms with van der Waals surface area (Å²) in [7, 11) is 2.99. The van der Waals surface area contributed by atoms with Gasteiger partial charge in [0.15, 0.2) is 25.9 Å². The lowest BCUT2D eigenvalue weighted by Gasteiger charge is -2.30. The lowest BCUT2D eigenvalue weighted by atomic mass is 9.95. The molecule has 0 spiro atoms. The molecule has 0 bridgehead atoms. The van der Waals surface area contributed by atoms with Gasteiger partial charge in [-0.2, -0.15) is 4.79 Å². The number of ether oxygens (including phenoxy) is 4. The molecule has 12 heteroatoms. The second-order valence-electron chi connectivity index (χ2n) is 11.6. The number of carboxylic acid groups (broad SMARTS) is 1. The number of methoxy groups -OCH3 is 2. The molecule has 2 N–H and O–H groups in total. The number of hydrogen-bond acceptors (Lipinski definition) is 9. The van der Waals surface area contributed by atoms with Crippen LogP contribution in [0, 0.1) is 0 Å². The van der Waals surface area contributed by atoms with Crippen LogP contribution in [0.3, 0.4) is 0 Å². The van der Waals surface area contributed by atoms with E-state index >= 15 is 0 Å². The predicted octanol–water partition coefficient (Wildman–Crippen LogP) is 5.56. The summed E-state index contributed by atoms with van der Waals surface area (Å²) in [6.07, 6.45) is 0.258. The van der Waals surface area contributed by atoms with Crippen molar-refractivity contribution in [2.24, 2.45) is 0 Å². The van der Waals surface area contributed by atoms with Crippen molar-refractivity contribution in [1.82, 2.24) is 5.32 Å². The topological polar surface area (TPSA) is 147 Å². The van der Waals surface area contributed by atoms with Crippen LogP contribution in [0.5, 0.6) is 11.5 Å². The zero-order chi connectivity index (χ0) is 34.0. The lowest BCUT2D eigenvalue weighted by molar-refractivity contribution is -1.03. The van der Waals surface area contributed by atoms with E-state index in [9.17, 15) is 24.3 Å². The van der Waals surface area contributed by atoms with Crippen LogP contribution >= 0.6 is 0 Å². The van der Waals surface area contributed by atoms with Crippen LogP contribution in [0.4, 0.5) is 4.79 Å². The third-order valence-electron chi connectivity index (χ3n) is 7.87. The monoisotopic (exact) mass is 649 g/mol. The van der Waals surface area contributed by atoms with Gasteiger partial charge in [0.25, 0.3) is 5.91 Å². The Hall–Kier alpha value is -4.78. The SMILES string of the molecule is COCOc1ccc(C(=O)NC2CCCC[N+](OC(=O)c3ccc(C(=O)c4cc(C(C)C)ccc4OCOC)cc3)(C(=O)O)C2)cc1. The maximum absolute atomic E-state index is 13.5. The number of carbonyl (C=O) groups excluding carboxylic acids is 3. The second-order valence-corrected chi connectivity index (χ2v) is 11.6. The zero-order valence-electron chi connectivity index (χ0n) is 27.0. The molecule has 1 heterocycles. The number of likely N-dealkylation sites (tertiary alicyclic amines) is 1. The third-order valence-corrected chi connectivity index (χ3v) is 7.87. The molecule has 250 valence electrons. The molecule has 0 saturated carbocycles. The minimum Gasteiger partial charge on any atom is -0.468 e. The summed E-state index contributed by atoms with van der Waals surface area (Å²) in [5.74, 6) is -0.482. The molecular formula is C35H41N2O10+. The van der Waals surface area contributed by atoms with E-state index in [1.165, 1.54) is 38.5 Å². The molecule has 2 atom stereocenters.